The smallest absolute Gasteiger partial charge is 0.269 e. The van der Waals surface area contributed by atoms with Crippen molar-refractivity contribution < 1.29 is 14.3 Å². The summed E-state index contributed by atoms with van der Waals surface area (Å²) in [7, 11) is 3.12. The highest BCUT2D eigenvalue weighted by Crippen LogP contribution is 2.25. The summed E-state index contributed by atoms with van der Waals surface area (Å²) in [6.45, 7) is 0. The number of carbonyl (C=O) groups is 1. The van der Waals surface area contributed by atoms with Gasteiger partial charge in [-0.05, 0) is 24.4 Å². The molecule has 1 amide bonds. The number of pyridine rings is 1. The highest BCUT2D eigenvalue weighted by molar-refractivity contribution is 7.80. The Labute approximate surface area is 139 Å². The zero-order chi connectivity index (χ0) is 16.7. The van der Waals surface area contributed by atoms with Gasteiger partial charge in [-0.15, -0.1) is 0 Å². The monoisotopic (exact) mass is 332 g/mol. The van der Waals surface area contributed by atoms with Crippen LogP contribution in [0.1, 0.15) is 10.4 Å². The molecule has 0 aliphatic carbocycles. The van der Waals surface area contributed by atoms with Crippen molar-refractivity contribution >= 4 is 28.9 Å². The standard InChI is InChI=1S/C15H16N4O3S/c1-21-12-7-11(8-13(9-12)22-2)17-15(23)19-18-14(20)10-3-5-16-6-4-10/h3-9H,1-2H3,(H,18,20)(H2,17,19,23). The minimum atomic E-state index is -0.320. The van der Waals surface area contributed by atoms with Crippen molar-refractivity contribution in [3.63, 3.8) is 0 Å². The van der Waals surface area contributed by atoms with Gasteiger partial charge in [0.05, 0.1) is 14.2 Å². The van der Waals surface area contributed by atoms with E-state index in [4.69, 9.17) is 21.7 Å². The van der Waals surface area contributed by atoms with Gasteiger partial charge in [0.25, 0.3) is 5.91 Å². The van der Waals surface area contributed by atoms with Gasteiger partial charge in [0.15, 0.2) is 5.11 Å². The van der Waals surface area contributed by atoms with Crippen molar-refractivity contribution in [1.82, 2.24) is 15.8 Å². The normalized spacial score (nSPS) is 9.65. The molecule has 0 aliphatic heterocycles. The Morgan fingerprint density at radius 2 is 1.65 bits per heavy atom. The van der Waals surface area contributed by atoms with Gasteiger partial charge in [0.1, 0.15) is 11.5 Å². The maximum atomic E-state index is 11.9. The second-order valence-corrected chi connectivity index (χ2v) is 4.78. The van der Waals surface area contributed by atoms with Gasteiger partial charge in [-0.1, -0.05) is 0 Å². The van der Waals surface area contributed by atoms with Gasteiger partial charge in [-0.3, -0.25) is 20.6 Å². The first kappa shape index (κ1) is 16.5. The molecule has 8 heteroatoms. The molecule has 7 nitrogen and oxygen atoms in total. The number of nitrogens with one attached hydrogen (secondary N) is 3. The summed E-state index contributed by atoms with van der Waals surface area (Å²) in [5.41, 5.74) is 6.25. The number of benzene rings is 1. The van der Waals surface area contributed by atoms with E-state index in [9.17, 15) is 4.79 Å². The molecule has 0 unspecified atom stereocenters. The number of hydrogen-bond acceptors (Lipinski definition) is 5. The molecule has 0 radical (unpaired) electrons. The molecule has 1 aromatic heterocycles. The van der Waals surface area contributed by atoms with Crippen LogP contribution in [0.4, 0.5) is 5.69 Å². The number of hydrazine groups is 1. The molecule has 2 rings (SSSR count). The van der Waals surface area contributed by atoms with Gasteiger partial charge in [-0.25, -0.2) is 0 Å². The number of nitrogens with zero attached hydrogens (tertiary/aromatic N) is 1. The molecule has 0 atom stereocenters. The van der Waals surface area contributed by atoms with Gasteiger partial charge in [0.2, 0.25) is 0 Å². The van der Waals surface area contributed by atoms with E-state index < -0.39 is 0 Å². The summed E-state index contributed by atoms with van der Waals surface area (Å²) in [6.07, 6.45) is 3.07. The van der Waals surface area contributed by atoms with E-state index in [0.717, 1.165) is 0 Å². The van der Waals surface area contributed by atoms with Gasteiger partial charge < -0.3 is 14.8 Å². The molecule has 23 heavy (non-hydrogen) atoms. The van der Waals surface area contributed by atoms with Crippen molar-refractivity contribution in [2.45, 2.75) is 0 Å². The molecular weight excluding hydrogens is 316 g/mol. The molecule has 0 saturated carbocycles. The van der Waals surface area contributed by atoms with E-state index in [1.807, 2.05) is 0 Å². The molecule has 0 saturated heterocycles. The van der Waals surface area contributed by atoms with Gasteiger partial charge in [-0.2, -0.15) is 0 Å². The third-order valence-electron chi connectivity index (χ3n) is 2.84. The highest BCUT2D eigenvalue weighted by atomic mass is 32.1. The average Bonchev–Trinajstić information content (AvgIpc) is 2.60. The number of ether oxygens (including phenoxy) is 2. The predicted octanol–water partition coefficient (Wildman–Crippen LogP) is 1.73. The quantitative estimate of drug-likeness (QED) is 0.581. The Morgan fingerprint density at radius 1 is 1.04 bits per heavy atom. The second kappa shape index (κ2) is 7.95. The molecule has 1 heterocycles. The van der Waals surface area contributed by atoms with Crippen LogP contribution in [-0.4, -0.2) is 30.2 Å². The largest absolute Gasteiger partial charge is 0.497 e. The van der Waals surface area contributed by atoms with Crippen LogP contribution < -0.4 is 25.6 Å². The number of methoxy groups -OCH3 is 2. The third-order valence-corrected chi connectivity index (χ3v) is 3.05. The van der Waals surface area contributed by atoms with Crippen LogP contribution in [-0.2, 0) is 0 Å². The topological polar surface area (TPSA) is 84.5 Å². The second-order valence-electron chi connectivity index (χ2n) is 4.37. The lowest BCUT2D eigenvalue weighted by atomic mass is 10.2. The number of aromatic nitrogens is 1. The molecular formula is C15H16N4O3S. The Kier molecular flexibility index (Phi) is 5.70. The SMILES string of the molecule is COc1cc(NC(=S)NNC(=O)c2ccncc2)cc(OC)c1. The van der Waals surface area contributed by atoms with Crippen molar-refractivity contribution in [1.29, 1.82) is 0 Å². The summed E-state index contributed by atoms with van der Waals surface area (Å²) in [6, 6.07) is 8.44. The zero-order valence-electron chi connectivity index (χ0n) is 12.6. The lowest BCUT2D eigenvalue weighted by Gasteiger charge is -2.13. The minimum Gasteiger partial charge on any atom is -0.497 e. The fourth-order valence-electron chi connectivity index (χ4n) is 1.73. The van der Waals surface area contributed by atoms with Crippen LogP contribution in [0.3, 0.4) is 0 Å². The fraction of sp³-hybridized carbons (Fsp3) is 0.133. The Hall–Kier alpha value is -2.87. The van der Waals surface area contributed by atoms with E-state index >= 15 is 0 Å². The van der Waals surface area contributed by atoms with Crippen LogP contribution >= 0.6 is 12.2 Å². The van der Waals surface area contributed by atoms with Crippen molar-refractivity contribution in [3.05, 3.63) is 48.3 Å². The van der Waals surface area contributed by atoms with Crippen LogP contribution in [0.25, 0.3) is 0 Å². The number of thiocarbonyl (C=S) groups is 1. The number of anilines is 1. The molecule has 0 fully saturated rings. The molecule has 120 valence electrons. The van der Waals surface area contributed by atoms with Crippen LogP contribution in [0.15, 0.2) is 42.7 Å². The minimum absolute atomic E-state index is 0.225. The van der Waals surface area contributed by atoms with Crippen LogP contribution in [0.2, 0.25) is 0 Å². The summed E-state index contributed by atoms with van der Waals surface area (Å²) in [5.74, 6) is 0.922. The predicted molar refractivity (Wildman–Crippen MR) is 90.6 cm³/mol. The lowest BCUT2D eigenvalue weighted by molar-refractivity contribution is 0.0944. The first-order valence-electron chi connectivity index (χ1n) is 6.63. The molecule has 0 aliphatic rings. The number of carbonyl (C=O) groups excluding carboxylic acids is 1. The Bertz CT molecular complexity index is 672. The first-order valence-corrected chi connectivity index (χ1v) is 7.03. The number of hydrogen-bond donors (Lipinski definition) is 3. The van der Waals surface area contributed by atoms with Crippen LogP contribution in [0, 0.1) is 0 Å². The van der Waals surface area contributed by atoms with E-state index in [-0.39, 0.29) is 11.0 Å². The lowest BCUT2D eigenvalue weighted by Crippen LogP contribution is -2.43. The van der Waals surface area contributed by atoms with E-state index in [1.54, 1.807) is 44.6 Å². The summed E-state index contributed by atoms with van der Waals surface area (Å²) < 4.78 is 10.4. The molecule has 0 spiro atoms. The zero-order valence-corrected chi connectivity index (χ0v) is 13.4. The van der Waals surface area contributed by atoms with Gasteiger partial charge >= 0.3 is 0 Å². The molecule has 0 bridgehead atoms. The maximum absolute atomic E-state index is 11.9. The fourth-order valence-corrected chi connectivity index (χ4v) is 1.90. The summed E-state index contributed by atoms with van der Waals surface area (Å²) in [5, 5.41) is 3.16. The molecule has 2 aromatic rings. The Balaban J connectivity index is 1.93. The summed E-state index contributed by atoms with van der Waals surface area (Å²) >= 11 is 5.13. The van der Waals surface area contributed by atoms with Crippen molar-refractivity contribution in [2.75, 3.05) is 19.5 Å². The van der Waals surface area contributed by atoms with Crippen molar-refractivity contribution in [2.24, 2.45) is 0 Å². The van der Waals surface area contributed by atoms with E-state index in [0.29, 0.717) is 22.7 Å². The molecule has 1 aromatic carbocycles. The van der Waals surface area contributed by atoms with E-state index in [2.05, 4.69) is 21.2 Å². The number of rotatable bonds is 4. The molecule has 3 N–H and O–H groups in total. The number of amides is 1. The van der Waals surface area contributed by atoms with Crippen molar-refractivity contribution in [3.8, 4) is 11.5 Å². The summed E-state index contributed by atoms with van der Waals surface area (Å²) in [4.78, 5) is 15.7. The van der Waals surface area contributed by atoms with E-state index in [1.165, 1.54) is 12.4 Å². The third kappa shape index (κ3) is 4.82. The average molecular weight is 332 g/mol. The first-order chi connectivity index (χ1) is 11.1. The maximum Gasteiger partial charge on any atom is 0.269 e. The van der Waals surface area contributed by atoms with Crippen LogP contribution in [0.5, 0.6) is 11.5 Å². The van der Waals surface area contributed by atoms with Gasteiger partial charge in [0, 0.05) is 41.8 Å². The highest BCUT2D eigenvalue weighted by Gasteiger charge is 2.06. The Morgan fingerprint density at radius 3 is 2.22 bits per heavy atom.